The third-order valence-electron chi connectivity index (χ3n) is 3.49. The average Bonchev–Trinajstić information content (AvgIpc) is 2.46. The Hall–Kier alpha value is -1.40. The minimum Gasteiger partial charge on any atom is -0.336 e. The SMILES string of the molecule is CCS(=O)(=O)c1ccccc1C(=O)N1CCN[C@H](C)C1. The Labute approximate surface area is 119 Å². The maximum absolute atomic E-state index is 12.6. The Balaban J connectivity index is 2.35. The molecule has 1 atom stereocenters. The molecule has 1 N–H and O–H groups in total. The molecule has 0 aromatic heterocycles. The Kier molecular flexibility index (Phi) is 4.45. The van der Waals surface area contributed by atoms with Gasteiger partial charge in [0.2, 0.25) is 0 Å². The lowest BCUT2D eigenvalue weighted by Crippen LogP contribution is -2.51. The van der Waals surface area contributed by atoms with Crippen molar-refractivity contribution in [1.29, 1.82) is 0 Å². The number of nitrogens with zero attached hydrogens (tertiary/aromatic N) is 1. The van der Waals surface area contributed by atoms with E-state index < -0.39 is 9.84 Å². The van der Waals surface area contributed by atoms with Crippen LogP contribution >= 0.6 is 0 Å². The molecule has 110 valence electrons. The molecule has 1 heterocycles. The molecule has 1 aromatic carbocycles. The molecule has 5 nitrogen and oxygen atoms in total. The molecule has 1 fully saturated rings. The van der Waals surface area contributed by atoms with Crippen molar-refractivity contribution >= 4 is 15.7 Å². The lowest BCUT2D eigenvalue weighted by molar-refractivity contribution is 0.0705. The van der Waals surface area contributed by atoms with Crippen LogP contribution in [0.4, 0.5) is 0 Å². The number of amides is 1. The summed E-state index contributed by atoms with van der Waals surface area (Å²) >= 11 is 0. The zero-order valence-electron chi connectivity index (χ0n) is 11.8. The molecule has 1 aromatic rings. The summed E-state index contributed by atoms with van der Waals surface area (Å²) < 4.78 is 24.2. The predicted octanol–water partition coefficient (Wildman–Crippen LogP) is 0.914. The number of carbonyl (C=O) groups excluding carboxylic acids is 1. The second kappa shape index (κ2) is 5.93. The molecule has 0 aliphatic carbocycles. The van der Waals surface area contributed by atoms with Gasteiger partial charge in [-0.25, -0.2) is 8.42 Å². The van der Waals surface area contributed by atoms with Crippen LogP contribution in [0.15, 0.2) is 29.2 Å². The van der Waals surface area contributed by atoms with E-state index in [2.05, 4.69) is 5.32 Å². The third kappa shape index (κ3) is 3.02. The monoisotopic (exact) mass is 296 g/mol. The molecule has 1 aliphatic heterocycles. The van der Waals surface area contributed by atoms with E-state index in [1.54, 1.807) is 30.0 Å². The molecular formula is C14H20N2O3S. The van der Waals surface area contributed by atoms with Gasteiger partial charge >= 0.3 is 0 Å². The van der Waals surface area contributed by atoms with E-state index in [1.807, 2.05) is 6.92 Å². The van der Waals surface area contributed by atoms with Gasteiger partial charge in [0.15, 0.2) is 9.84 Å². The highest BCUT2D eigenvalue weighted by Crippen LogP contribution is 2.19. The first-order chi connectivity index (χ1) is 9.45. The number of rotatable bonds is 3. The van der Waals surface area contributed by atoms with Crippen molar-refractivity contribution < 1.29 is 13.2 Å². The molecule has 6 heteroatoms. The second-order valence-corrected chi connectivity index (χ2v) is 7.25. The van der Waals surface area contributed by atoms with E-state index >= 15 is 0 Å². The van der Waals surface area contributed by atoms with Crippen molar-refractivity contribution in [3.63, 3.8) is 0 Å². The Morgan fingerprint density at radius 1 is 1.40 bits per heavy atom. The van der Waals surface area contributed by atoms with Crippen LogP contribution in [0.2, 0.25) is 0 Å². The lowest BCUT2D eigenvalue weighted by atomic mass is 10.1. The van der Waals surface area contributed by atoms with Crippen LogP contribution in [0.25, 0.3) is 0 Å². The Bertz CT molecular complexity index is 598. The predicted molar refractivity (Wildman–Crippen MR) is 77.5 cm³/mol. The van der Waals surface area contributed by atoms with Gasteiger partial charge in [0.1, 0.15) is 0 Å². The van der Waals surface area contributed by atoms with Gasteiger partial charge in [-0.05, 0) is 19.1 Å². The van der Waals surface area contributed by atoms with E-state index in [1.165, 1.54) is 6.07 Å². The number of sulfone groups is 1. The number of carbonyl (C=O) groups is 1. The maximum atomic E-state index is 12.6. The summed E-state index contributed by atoms with van der Waals surface area (Å²) in [4.78, 5) is 14.4. The fourth-order valence-corrected chi connectivity index (χ4v) is 3.44. The van der Waals surface area contributed by atoms with Crippen LogP contribution in [0, 0.1) is 0 Å². The first-order valence-corrected chi connectivity index (χ1v) is 8.45. The van der Waals surface area contributed by atoms with Gasteiger partial charge in [-0.15, -0.1) is 0 Å². The minimum atomic E-state index is -3.39. The van der Waals surface area contributed by atoms with Gasteiger partial charge in [-0.3, -0.25) is 4.79 Å². The molecule has 0 radical (unpaired) electrons. The van der Waals surface area contributed by atoms with Crippen LogP contribution in [0.5, 0.6) is 0 Å². The summed E-state index contributed by atoms with van der Waals surface area (Å²) in [7, 11) is -3.39. The van der Waals surface area contributed by atoms with Gasteiger partial charge in [0.05, 0.1) is 16.2 Å². The van der Waals surface area contributed by atoms with Crippen molar-refractivity contribution in [2.24, 2.45) is 0 Å². The molecular weight excluding hydrogens is 276 g/mol. The topological polar surface area (TPSA) is 66.5 Å². The highest BCUT2D eigenvalue weighted by Gasteiger charge is 2.26. The lowest BCUT2D eigenvalue weighted by Gasteiger charge is -2.32. The molecule has 0 unspecified atom stereocenters. The number of piperazine rings is 1. The zero-order chi connectivity index (χ0) is 14.8. The van der Waals surface area contributed by atoms with Gasteiger partial charge in [0, 0.05) is 25.7 Å². The summed E-state index contributed by atoms with van der Waals surface area (Å²) in [6, 6.07) is 6.69. The second-order valence-electron chi connectivity index (χ2n) is 5.01. The molecule has 1 aliphatic rings. The first-order valence-electron chi connectivity index (χ1n) is 6.80. The summed E-state index contributed by atoms with van der Waals surface area (Å²) in [5.41, 5.74) is 0.281. The van der Waals surface area contributed by atoms with Gasteiger partial charge in [-0.2, -0.15) is 0 Å². The van der Waals surface area contributed by atoms with Crippen molar-refractivity contribution in [2.45, 2.75) is 24.8 Å². The summed E-state index contributed by atoms with van der Waals surface area (Å²) in [5, 5.41) is 3.26. The van der Waals surface area contributed by atoms with E-state index in [4.69, 9.17) is 0 Å². The van der Waals surface area contributed by atoms with Crippen LogP contribution < -0.4 is 5.32 Å². The van der Waals surface area contributed by atoms with Crippen LogP contribution in [-0.2, 0) is 9.84 Å². The largest absolute Gasteiger partial charge is 0.336 e. The first kappa shape index (κ1) is 15.0. The molecule has 1 saturated heterocycles. The van der Waals surface area contributed by atoms with Gasteiger partial charge in [-0.1, -0.05) is 19.1 Å². The number of nitrogens with one attached hydrogen (secondary N) is 1. The summed E-state index contributed by atoms with van der Waals surface area (Å²) in [5.74, 6) is -0.208. The van der Waals surface area contributed by atoms with E-state index in [0.717, 1.165) is 6.54 Å². The van der Waals surface area contributed by atoms with Crippen molar-refractivity contribution in [3.05, 3.63) is 29.8 Å². The maximum Gasteiger partial charge on any atom is 0.255 e. The van der Waals surface area contributed by atoms with Crippen LogP contribution in [0.3, 0.4) is 0 Å². The highest BCUT2D eigenvalue weighted by molar-refractivity contribution is 7.91. The van der Waals surface area contributed by atoms with E-state index in [9.17, 15) is 13.2 Å². The molecule has 0 spiro atoms. The van der Waals surface area contributed by atoms with Crippen molar-refractivity contribution in [2.75, 3.05) is 25.4 Å². The van der Waals surface area contributed by atoms with Gasteiger partial charge < -0.3 is 10.2 Å². The average molecular weight is 296 g/mol. The zero-order valence-corrected chi connectivity index (χ0v) is 12.6. The molecule has 2 rings (SSSR count). The summed E-state index contributed by atoms with van der Waals surface area (Å²) in [6.45, 7) is 5.52. The standard InChI is InChI=1S/C14H20N2O3S/c1-3-20(18,19)13-7-5-4-6-12(13)14(17)16-9-8-15-11(2)10-16/h4-7,11,15H,3,8-10H2,1-2H3/t11-/m1/s1. The molecule has 20 heavy (non-hydrogen) atoms. The fourth-order valence-electron chi connectivity index (χ4n) is 2.36. The van der Waals surface area contributed by atoms with E-state index in [-0.39, 0.29) is 28.2 Å². The molecule has 0 bridgehead atoms. The quantitative estimate of drug-likeness (QED) is 0.900. The molecule has 1 amide bonds. The number of hydrogen-bond acceptors (Lipinski definition) is 4. The smallest absolute Gasteiger partial charge is 0.255 e. The number of benzene rings is 1. The molecule has 0 saturated carbocycles. The Morgan fingerprint density at radius 2 is 2.10 bits per heavy atom. The number of hydrogen-bond donors (Lipinski definition) is 1. The normalized spacial score (nSPS) is 19.9. The fraction of sp³-hybridized carbons (Fsp3) is 0.500. The third-order valence-corrected chi connectivity index (χ3v) is 5.27. The van der Waals surface area contributed by atoms with E-state index in [0.29, 0.717) is 13.1 Å². The minimum absolute atomic E-state index is 0.00471. The van der Waals surface area contributed by atoms with Crippen molar-refractivity contribution in [3.8, 4) is 0 Å². The summed E-state index contributed by atoms with van der Waals surface area (Å²) in [6.07, 6.45) is 0. The van der Waals surface area contributed by atoms with Crippen molar-refractivity contribution in [1.82, 2.24) is 10.2 Å². The van der Waals surface area contributed by atoms with Gasteiger partial charge in [0.25, 0.3) is 5.91 Å². The highest BCUT2D eigenvalue weighted by atomic mass is 32.2. The Morgan fingerprint density at radius 3 is 2.75 bits per heavy atom. The van der Waals surface area contributed by atoms with Crippen LogP contribution in [0.1, 0.15) is 24.2 Å². The van der Waals surface area contributed by atoms with Crippen LogP contribution in [-0.4, -0.2) is 50.7 Å².